The molecule has 9 heteroatoms. The molecule has 1 aromatic carbocycles. The Hall–Kier alpha value is -2.94. The Morgan fingerprint density at radius 1 is 1.23 bits per heavy atom. The summed E-state index contributed by atoms with van der Waals surface area (Å²) in [5, 5.41) is 11.1. The second-order valence-corrected chi connectivity index (χ2v) is 7.91. The van der Waals surface area contributed by atoms with E-state index in [1.165, 1.54) is 6.20 Å². The van der Waals surface area contributed by atoms with Gasteiger partial charge in [0.15, 0.2) is 5.76 Å². The van der Waals surface area contributed by atoms with E-state index in [1.54, 1.807) is 12.1 Å². The van der Waals surface area contributed by atoms with Crippen molar-refractivity contribution >= 4 is 16.7 Å². The molecule has 6 nitrogen and oxygen atoms in total. The SMILES string of the molecule is Cc1cc(-c2ccc3cnc(C(CC(F)(F)F)NC(=O)C4CCNCC4)cc3c2)on1. The molecule has 0 spiro atoms. The van der Waals surface area contributed by atoms with E-state index in [0.717, 1.165) is 16.6 Å². The summed E-state index contributed by atoms with van der Waals surface area (Å²) in [5.74, 6) is -0.0777. The highest BCUT2D eigenvalue weighted by Gasteiger charge is 2.35. The maximum Gasteiger partial charge on any atom is 0.391 e. The van der Waals surface area contributed by atoms with Crippen LogP contribution >= 0.6 is 0 Å². The average Bonchev–Trinajstić information content (AvgIpc) is 3.18. The number of nitrogens with zero attached hydrogens (tertiary/aromatic N) is 2. The number of pyridine rings is 1. The van der Waals surface area contributed by atoms with E-state index in [4.69, 9.17) is 4.52 Å². The molecular formula is C22H23F3N4O2. The number of nitrogens with one attached hydrogen (secondary N) is 2. The molecule has 164 valence electrons. The van der Waals surface area contributed by atoms with Crippen molar-refractivity contribution in [2.45, 2.75) is 38.4 Å². The third-order valence-electron chi connectivity index (χ3n) is 5.47. The van der Waals surface area contributed by atoms with Gasteiger partial charge in [-0.25, -0.2) is 0 Å². The molecule has 1 aliphatic heterocycles. The number of hydrogen-bond donors (Lipinski definition) is 2. The first kappa shape index (κ1) is 21.3. The molecule has 1 saturated heterocycles. The lowest BCUT2D eigenvalue weighted by Crippen LogP contribution is -2.40. The van der Waals surface area contributed by atoms with Gasteiger partial charge < -0.3 is 15.2 Å². The summed E-state index contributed by atoms with van der Waals surface area (Å²) in [6, 6.07) is 7.63. The van der Waals surface area contributed by atoms with Crippen LogP contribution in [0.2, 0.25) is 0 Å². The number of halogens is 3. The summed E-state index contributed by atoms with van der Waals surface area (Å²) in [6.45, 7) is 3.17. The number of fused-ring (bicyclic) bond motifs is 1. The number of aromatic nitrogens is 2. The van der Waals surface area contributed by atoms with Crippen LogP contribution in [0.1, 0.15) is 36.7 Å². The Balaban J connectivity index is 1.64. The average molecular weight is 432 g/mol. The first-order chi connectivity index (χ1) is 14.8. The van der Waals surface area contributed by atoms with Crippen LogP contribution in [0.4, 0.5) is 13.2 Å². The fourth-order valence-electron chi connectivity index (χ4n) is 3.84. The van der Waals surface area contributed by atoms with Gasteiger partial charge in [0.1, 0.15) is 0 Å². The quantitative estimate of drug-likeness (QED) is 0.628. The number of benzene rings is 1. The molecule has 1 amide bonds. The first-order valence-electron chi connectivity index (χ1n) is 10.2. The lowest BCUT2D eigenvalue weighted by molar-refractivity contribution is -0.144. The van der Waals surface area contributed by atoms with Crippen molar-refractivity contribution < 1.29 is 22.5 Å². The number of aryl methyl sites for hydroxylation is 1. The van der Waals surface area contributed by atoms with Crippen LogP contribution < -0.4 is 10.6 Å². The minimum absolute atomic E-state index is 0.179. The van der Waals surface area contributed by atoms with Crippen LogP contribution in [0.25, 0.3) is 22.1 Å². The number of carbonyl (C=O) groups excluding carboxylic acids is 1. The summed E-state index contributed by atoms with van der Waals surface area (Å²) >= 11 is 0. The van der Waals surface area contributed by atoms with Crippen LogP contribution in [0.3, 0.4) is 0 Å². The van der Waals surface area contributed by atoms with E-state index < -0.39 is 18.6 Å². The lowest BCUT2D eigenvalue weighted by atomic mass is 9.96. The van der Waals surface area contributed by atoms with Crippen molar-refractivity contribution in [3.8, 4) is 11.3 Å². The van der Waals surface area contributed by atoms with Gasteiger partial charge in [-0.05, 0) is 50.4 Å². The monoisotopic (exact) mass is 432 g/mol. The molecule has 0 radical (unpaired) electrons. The van der Waals surface area contributed by atoms with Crippen molar-refractivity contribution in [3.63, 3.8) is 0 Å². The molecule has 3 aromatic rings. The van der Waals surface area contributed by atoms with Gasteiger partial charge in [0.25, 0.3) is 0 Å². The number of amides is 1. The normalized spacial score (nSPS) is 16.4. The van der Waals surface area contributed by atoms with E-state index in [2.05, 4.69) is 20.8 Å². The van der Waals surface area contributed by atoms with E-state index in [1.807, 2.05) is 25.1 Å². The van der Waals surface area contributed by atoms with E-state index in [-0.39, 0.29) is 17.5 Å². The predicted octanol–water partition coefficient (Wildman–Crippen LogP) is 4.31. The van der Waals surface area contributed by atoms with E-state index in [9.17, 15) is 18.0 Å². The minimum Gasteiger partial charge on any atom is -0.356 e. The highest BCUT2D eigenvalue weighted by atomic mass is 19.4. The molecule has 0 bridgehead atoms. The molecule has 1 aliphatic rings. The van der Waals surface area contributed by atoms with Crippen LogP contribution in [0.15, 0.2) is 41.1 Å². The number of hydrogen-bond acceptors (Lipinski definition) is 5. The van der Waals surface area contributed by atoms with Crippen molar-refractivity contribution in [3.05, 3.63) is 47.9 Å². The third-order valence-corrected chi connectivity index (χ3v) is 5.47. The number of carbonyl (C=O) groups is 1. The van der Waals surface area contributed by atoms with Crippen LogP contribution in [0.5, 0.6) is 0 Å². The summed E-state index contributed by atoms with van der Waals surface area (Å²) in [7, 11) is 0. The Morgan fingerprint density at radius 2 is 2.00 bits per heavy atom. The highest BCUT2D eigenvalue weighted by Crippen LogP contribution is 2.32. The maximum atomic E-state index is 13.3. The zero-order chi connectivity index (χ0) is 22.0. The number of rotatable bonds is 5. The Morgan fingerprint density at radius 3 is 2.68 bits per heavy atom. The Kier molecular flexibility index (Phi) is 5.95. The van der Waals surface area contributed by atoms with Gasteiger partial charge in [-0.1, -0.05) is 17.3 Å². The van der Waals surface area contributed by atoms with Crippen molar-refractivity contribution in [2.75, 3.05) is 13.1 Å². The summed E-state index contributed by atoms with van der Waals surface area (Å²) in [5.41, 5.74) is 1.67. The van der Waals surface area contributed by atoms with Gasteiger partial charge in [0, 0.05) is 29.1 Å². The minimum atomic E-state index is -4.44. The zero-order valence-corrected chi connectivity index (χ0v) is 17.0. The molecule has 1 atom stereocenters. The van der Waals surface area contributed by atoms with Crippen LogP contribution in [0, 0.1) is 12.8 Å². The summed E-state index contributed by atoms with van der Waals surface area (Å²) < 4.78 is 45.1. The van der Waals surface area contributed by atoms with Gasteiger partial charge in [-0.3, -0.25) is 9.78 Å². The van der Waals surface area contributed by atoms with E-state index >= 15 is 0 Å². The highest BCUT2D eigenvalue weighted by molar-refractivity contribution is 5.86. The molecule has 4 rings (SSSR count). The van der Waals surface area contributed by atoms with Crippen molar-refractivity contribution in [1.82, 2.24) is 20.8 Å². The standard InChI is InChI=1S/C22H23F3N4O2/c1-13-8-20(31-29-13)15-2-3-16-12-27-18(10-17(16)9-15)19(11-22(23,24)25)28-21(30)14-4-6-26-7-5-14/h2-3,8-10,12,14,19,26H,4-7,11H2,1H3,(H,28,30). The molecule has 3 heterocycles. The zero-order valence-electron chi connectivity index (χ0n) is 17.0. The Bertz CT molecular complexity index is 1070. The van der Waals surface area contributed by atoms with Crippen molar-refractivity contribution in [1.29, 1.82) is 0 Å². The van der Waals surface area contributed by atoms with Gasteiger partial charge >= 0.3 is 6.18 Å². The molecule has 31 heavy (non-hydrogen) atoms. The fraction of sp³-hybridized carbons (Fsp3) is 0.409. The smallest absolute Gasteiger partial charge is 0.356 e. The topological polar surface area (TPSA) is 80.0 Å². The Labute approximate surface area is 177 Å². The van der Waals surface area contributed by atoms with Gasteiger partial charge in [0.05, 0.1) is 23.9 Å². The number of piperidine rings is 1. The number of alkyl halides is 3. The summed E-state index contributed by atoms with van der Waals surface area (Å²) in [6.07, 6.45) is -2.88. The maximum absolute atomic E-state index is 13.3. The largest absolute Gasteiger partial charge is 0.391 e. The molecule has 2 N–H and O–H groups in total. The second-order valence-electron chi connectivity index (χ2n) is 7.91. The van der Waals surface area contributed by atoms with Crippen LogP contribution in [-0.4, -0.2) is 35.3 Å². The molecule has 0 saturated carbocycles. The van der Waals surface area contributed by atoms with E-state index in [0.29, 0.717) is 37.1 Å². The molecule has 2 aromatic heterocycles. The predicted molar refractivity (Wildman–Crippen MR) is 109 cm³/mol. The van der Waals surface area contributed by atoms with Gasteiger partial charge in [0.2, 0.25) is 5.91 Å². The van der Waals surface area contributed by atoms with Gasteiger partial charge in [-0.15, -0.1) is 0 Å². The van der Waals surface area contributed by atoms with Crippen LogP contribution in [-0.2, 0) is 4.79 Å². The second kappa shape index (κ2) is 8.66. The first-order valence-corrected chi connectivity index (χ1v) is 10.2. The fourth-order valence-corrected chi connectivity index (χ4v) is 3.84. The van der Waals surface area contributed by atoms with Crippen molar-refractivity contribution in [2.24, 2.45) is 5.92 Å². The van der Waals surface area contributed by atoms with Gasteiger partial charge in [-0.2, -0.15) is 13.2 Å². The molecule has 0 aliphatic carbocycles. The summed E-state index contributed by atoms with van der Waals surface area (Å²) in [4.78, 5) is 16.9. The third kappa shape index (κ3) is 5.22. The molecule has 1 unspecified atom stereocenters. The molecule has 1 fully saturated rings. The molecular weight excluding hydrogens is 409 g/mol. The lowest BCUT2D eigenvalue weighted by Gasteiger charge is -2.26.